The first kappa shape index (κ1) is 13.4. The van der Waals surface area contributed by atoms with E-state index in [1.54, 1.807) is 11.7 Å². The lowest BCUT2D eigenvalue weighted by molar-refractivity contribution is -0.138. The van der Waals surface area contributed by atoms with Gasteiger partial charge in [-0.25, -0.2) is 0 Å². The second-order valence-electron chi connectivity index (χ2n) is 4.99. The van der Waals surface area contributed by atoms with Crippen LogP contribution in [-0.4, -0.2) is 38.8 Å². The zero-order chi connectivity index (χ0) is 13.3. The first-order valence-electron chi connectivity index (χ1n) is 6.09. The van der Waals surface area contributed by atoms with Crippen molar-refractivity contribution in [1.82, 2.24) is 14.7 Å². The third-order valence-electron chi connectivity index (χ3n) is 3.22. The molecule has 100 valence electrons. The molecule has 6 heteroatoms. The minimum absolute atomic E-state index is 0.0567. The molecule has 1 aliphatic carbocycles. The number of carboxylic acid groups (broad SMARTS) is 1. The Morgan fingerprint density at radius 3 is 2.72 bits per heavy atom. The van der Waals surface area contributed by atoms with Crippen LogP contribution in [0.2, 0.25) is 5.15 Å². The molecule has 0 unspecified atom stereocenters. The SMILES string of the molecule is Cc1nn(C)c(Cl)c1CN(CC(=O)O)CC1CC1. The van der Waals surface area contributed by atoms with Gasteiger partial charge in [0.1, 0.15) is 5.15 Å². The minimum Gasteiger partial charge on any atom is -0.480 e. The van der Waals surface area contributed by atoms with E-state index in [9.17, 15) is 4.79 Å². The van der Waals surface area contributed by atoms with Crippen LogP contribution in [0.15, 0.2) is 0 Å². The van der Waals surface area contributed by atoms with Gasteiger partial charge in [-0.15, -0.1) is 0 Å². The van der Waals surface area contributed by atoms with Crippen molar-refractivity contribution in [2.75, 3.05) is 13.1 Å². The van der Waals surface area contributed by atoms with Crippen molar-refractivity contribution in [3.05, 3.63) is 16.4 Å². The average Bonchev–Trinajstić information content (AvgIpc) is 3.03. The van der Waals surface area contributed by atoms with Gasteiger partial charge >= 0.3 is 5.97 Å². The summed E-state index contributed by atoms with van der Waals surface area (Å²) in [6, 6.07) is 0. The largest absolute Gasteiger partial charge is 0.480 e. The molecule has 1 aromatic rings. The number of aromatic nitrogens is 2. The van der Waals surface area contributed by atoms with Gasteiger partial charge in [-0.2, -0.15) is 5.10 Å². The van der Waals surface area contributed by atoms with Gasteiger partial charge in [0.2, 0.25) is 0 Å². The fourth-order valence-electron chi connectivity index (χ4n) is 2.12. The lowest BCUT2D eigenvalue weighted by Crippen LogP contribution is -2.31. The van der Waals surface area contributed by atoms with Gasteiger partial charge in [-0.05, 0) is 25.7 Å². The van der Waals surface area contributed by atoms with Crippen LogP contribution >= 0.6 is 11.6 Å². The van der Waals surface area contributed by atoms with Crippen LogP contribution in [0.25, 0.3) is 0 Å². The summed E-state index contributed by atoms with van der Waals surface area (Å²) in [4.78, 5) is 12.8. The van der Waals surface area contributed by atoms with E-state index >= 15 is 0 Å². The van der Waals surface area contributed by atoms with Crippen LogP contribution in [0.3, 0.4) is 0 Å². The monoisotopic (exact) mass is 271 g/mol. The summed E-state index contributed by atoms with van der Waals surface area (Å²) in [5.41, 5.74) is 1.80. The van der Waals surface area contributed by atoms with Crippen molar-refractivity contribution in [2.45, 2.75) is 26.3 Å². The number of hydrogen-bond acceptors (Lipinski definition) is 3. The molecular formula is C12H18ClN3O2. The fourth-order valence-corrected chi connectivity index (χ4v) is 2.35. The zero-order valence-corrected chi connectivity index (χ0v) is 11.4. The second-order valence-corrected chi connectivity index (χ2v) is 5.34. The number of aryl methyl sites for hydroxylation is 2. The van der Waals surface area contributed by atoms with E-state index in [2.05, 4.69) is 5.10 Å². The highest BCUT2D eigenvalue weighted by Gasteiger charge is 2.26. The molecule has 1 aliphatic rings. The highest BCUT2D eigenvalue weighted by Crippen LogP contribution is 2.30. The van der Waals surface area contributed by atoms with Crippen LogP contribution in [0.1, 0.15) is 24.1 Å². The number of nitrogens with zero attached hydrogens (tertiary/aromatic N) is 3. The van der Waals surface area contributed by atoms with Gasteiger partial charge in [0.15, 0.2) is 0 Å². The van der Waals surface area contributed by atoms with Crippen LogP contribution in [-0.2, 0) is 18.4 Å². The van der Waals surface area contributed by atoms with Gasteiger partial charge in [0, 0.05) is 25.7 Å². The van der Waals surface area contributed by atoms with Crippen LogP contribution in [0, 0.1) is 12.8 Å². The van der Waals surface area contributed by atoms with Crippen LogP contribution in [0.4, 0.5) is 0 Å². The van der Waals surface area contributed by atoms with Crippen molar-refractivity contribution >= 4 is 17.6 Å². The maximum atomic E-state index is 10.9. The van der Waals surface area contributed by atoms with Crippen molar-refractivity contribution < 1.29 is 9.90 Å². The molecular weight excluding hydrogens is 254 g/mol. The molecule has 0 saturated heterocycles. The Morgan fingerprint density at radius 2 is 2.28 bits per heavy atom. The van der Waals surface area contributed by atoms with E-state index in [-0.39, 0.29) is 6.54 Å². The topological polar surface area (TPSA) is 58.4 Å². The average molecular weight is 272 g/mol. The molecule has 1 heterocycles. The molecule has 0 radical (unpaired) electrons. The van der Waals surface area contributed by atoms with Crippen molar-refractivity contribution in [2.24, 2.45) is 13.0 Å². The predicted octanol–water partition coefficient (Wildman–Crippen LogP) is 1.68. The summed E-state index contributed by atoms with van der Waals surface area (Å²) in [5.74, 6) is -0.145. The molecule has 1 N–H and O–H groups in total. The maximum absolute atomic E-state index is 10.9. The van der Waals surface area contributed by atoms with E-state index in [1.165, 1.54) is 12.8 Å². The molecule has 1 saturated carbocycles. The Bertz CT molecular complexity index is 454. The van der Waals surface area contributed by atoms with E-state index in [4.69, 9.17) is 16.7 Å². The molecule has 0 aromatic carbocycles. The van der Waals surface area contributed by atoms with Gasteiger partial charge in [0.05, 0.1) is 12.2 Å². The quantitative estimate of drug-likeness (QED) is 0.855. The fraction of sp³-hybridized carbons (Fsp3) is 0.667. The number of carboxylic acids is 1. The summed E-state index contributed by atoms with van der Waals surface area (Å²) in [7, 11) is 1.79. The Balaban J connectivity index is 2.08. The molecule has 1 aromatic heterocycles. The summed E-state index contributed by atoms with van der Waals surface area (Å²) >= 11 is 6.17. The van der Waals surface area contributed by atoms with E-state index in [0.717, 1.165) is 17.8 Å². The Morgan fingerprint density at radius 1 is 1.61 bits per heavy atom. The molecule has 0 bridgehead atoms. The predicted molar refractivity (Wildman–Crippen MR) is 68.6 cm³/mol. The summed E-state index contributed by atoms with van der Waals surface area (Å²) < 4.78 is 1.63. The maximum Gasteiger partial charge on any atom is 0.317 e. The van der Waals surface area contributed by atoms with Crippen LogP contribution < -0.4 is 0 Å². The molecule has 0 amide bonds. The Hall–Kier alpha value is -1.07. The van der Waals surface area contributed by atoms with Crippen molar-refractivity contribution in [3.8, 4) is 0 Å². The van der Waals surface area contributed by atoms with Gasteiger partial charge < -0.3 is 5.11 Å². The third kappa shape index (κ3) is 3.23. The number of aliphatic carboxylic acids is 1. The molecule has 0 spiro atoms. The molecule has 5 nitrogen and oxygen atoms in total. The number of halogens is 1. The molecule has 2 rings (SSSR count). The number of carbonyl (C=O) groups is 1. The summed E-state index contributed by atoms with van der Waals surface area (Å²) in [5, 5.41) is 13.8. The lowest BCUT2D eigenvalue weighted by Gasteiger charge is -2.19. The smallest absolute Gasteiger partial charge is 0.317 e. The van der Waals surface area contributed by atoms with E-state index < -0.39 is 5.97 Å². The van der Waals surface area contributed by atoms with Crippen molar-refractivity contribution in [1.29, 1.82) is 0 Å². The molecule has 0 atom stereocenters. The standard InChI is InChI=1S/C12H18ClN3O2/c1-8-10(12(13)15(2)14-8)6-16(7-11(17)18)5-9-3-4-9/h9H,3-7H2,1-2H3,(H,17,18). The highest BCUT2D eigenvalue weighted by molar-refractivity contribution is 6.30. The summed E-state index contributed by atoms with van der Waals surface area (Å²) in [6.45, 7) is 3.34. The first-order valence-corrected chi connectivity index (χ1v) is 6.47. The first-order chi connectivity index (χ1) is 8.47. The molecule has 1 fully saturated rings. The minimum atomic E-state index is -0.798. The van der Waals surface area contributed by atoms with Crippen molar-refractivity contribution in [3.63, 3.8) is 0 Å². The highest BCUT2D eigenvalue weighted by atomic mass is 35.5. The lowest BCUT2D eigenvalue weighted by atomic mass is 10.2. The van der Waals surface area contributed by atoms with Gasteiger partial charge in [0.25, 0.3) is 0 Å². The van der Waals surface area contributed by atoms with Crippen LogP contribution in [0.5, 0.6) is 0 Å². The number of rotatable bonds is 6. The normalized spacial score (nSPS) is 15.3. The third-order valence-corrected chi connectivity index (χ3v) is 3.70. The zero-order valence-electron chi connectivity index (χ0n) is 10.7. The van der Waals surface area contributed by atoms with E-state index in [0.29, 0.717) is 17.6 Å². The number of hydrogen-bond donors (Lipinski definition) is 1. The Kier molecular flexibility index (Phi) is 3.92. The van der Waals surface area contributed by atoms with E-state index in [1.807, 2.05) is 11.8 Å². The van der Waals surface area contributed by atoms with Gasteiger partial charge in [-0.3, -0.25) is 14.4 Å². The van der Waals surface area contributed by atoms with Gasteiger partial charge in [-0.1, -0.05) is 11.6 Å². The summed E-state index contributed by atoms with van der Waals surface area (Å²) in [6.07, 6.45) is 2.41. The second kappa shape index (κ2) is 5.28. The Labute approximate surface area is 111 Å². The molecule has 0 aliphatic heterocycles. The molecule has 18 heavy (non-hydrogen) atoms.